The van der Waals surface area contributed by atoms with Crippen LogP contribution in [0.3, 0.4) is 0 Å². The Hall–Kier alpha value is -1.13. The van der Waals surface area contributed by atoms with Crippen molar-refractivity contribution in [1.29, 1.82) is 0 Å². The van der Waals surface area contributed by atoms with E-state index in [1.165, 1.54) is 13.2 Å². The molecule has 0 aromatic heterocycles. The standard InChI is InChI=1S/C13H20FNO2/c1-5-15-13(9(2)16-3)10-6-7-12(17-4)11(14)8-10/h6-9,13,15H,5H2,1-4H3. The van der Waals surface area contributed by atoms with Crippen LogP contribution in [0.5, 0.6) is 5.75 Å². The maximum Gasteiger partial charge on any atom is 0.165 e. The van der Waals surface area contributed by atoms with Crippen molar-refractivity contribution in [2.45, 2.75) is 26.0 Å². The number of hydrogen-bond acceptors (Lipinski definition) is 3. The van der Waals surface area contributed by atoms with Gasteiger partial charge in [-0.1, -0.05) is 13.0 Å². The third kappa shape index (κ3) is 3.41. The largest absolute Gasteiger partial charge is 0.494 e. The first-order valence-electron chi connectivity index (χ1n) is 5.73. The van der Waals surface area contributed by atoms with Crippen LogP contribution < -0.4 is 10.1 Å². The summed E-state index contributed by atoms with van der Waals surface area (Å²) < 4.78 is 23.8. The Bertz CT molecular complexity index is 357. The zero-order chi connectivity index (χ0) is 12.8. The van der Waals surface area contributed by atoms with Crippen LogP contribution in [0, 0.1) is 5.82 Å². The highest BCUT2D eigenvalue weighted by Crippen LogP contribution is 2.24. The SMILES string of the molecule is CCNC(c1ccc(OC)c(F)c1)C(C)OC. The van der Waals surface area contributed by atoms with Crippen molar-refractivity contribution in [1.82, 2.24) is 5.32 Å². The van der Waals surface area contributed by atoms with Gasteiger partial charge in [-0.05, 0) is 31.2 Å². The Labute approximate surface area is 102 Å². The molecule has 2 atom stereocenters. The minimum absolute atomic E-state index is 0.0228. The Morgan fingerprint density at radius 3 is 2.53 bits per heavy atom. The number of ether oxygens (including phenoxy) is 2. The van der Waals surface area contributed by atoms with E-state index in [2.05, 4.69) is 5.32 Å². The Morgan fingerprint density at radius 2 is 2.06 bits per heavy atom. The van der Waals surface area contributed by atoms with E-state index < -0.39 is 0 Å². The molecule has 1 N–H and O–H groups in total. The first-order valence-corrected chi connectivity index (χ1v) is 5.73. The van der Waals surface area contributed by atoms with Gasteiger partial charge in [0.05, 0.1) is 19.3 Å². The lowest BCUT2D eigenvalue weighted by Gasteiger charge is -2.24. The molecule has 1 aromatic carbocycles. The first kappa shape index (κ1) is 13.9. The second kappa shape index (κ2) is 6.57. The number of methoxy groups -OCH3 is 2. The number of nitrogens with one attached hydrogen (secondary N) is 1. The number of halogens is 1. The smallest absolute Gasteiger partial charge is 0.165 e. The zero-order valence-electron chi connectivity index (χ0n) is 10.8. The molecule has 4 heteroatoms. The van der Waals surface area contributed by atoms with Crippen LogP contribution in [0.4, 0.5) is 4.39 Å². The van der Waals surface area contributed by atoms with Crippen molar-refractivity contribution in [3.05, 3.63) is 29.6 Å². The second-order valence-corrected chi connectivity index (χ2v) is 3.87. The summed E-state index contributed by atoms with van der Waals surface area (Å²) in [5.41, 5.74) is 0.861. The molecule has 0 saturated carbocycles. The third-order valence-corrected chi connectivity index (χ3v) is 2.80. The topological polar surface area (TPSA) is 30.5 Å². The first-order chi connectivity index (χ1) is 8.13. The molecule has 17 heavy (non-hydrogen) atoms. The van der Waals surface area contributed by atoms with Crippen LogP contribution in [-0.4, -0.2) is 26.9 Å². The molecule has 0 aliphatic carbocycles. The molecule has 0 radical (unpaired) electrons. The monoisotopic (exact) mass is 241 g/mol. The maximum atomic E-state index is 13.6. The highest BCUT2D eigenvalue weighted by atomic mass is 19.1. The lowest BCUT2D eigenvalue weighted by atomic mass is 10.0. The van der Waals surface area contributed by atoms with E-state index >= 15 is 0 Å². The highest BCUT2D eigenvalue weighted by molar-refractivity contribution is 5.31. The molecule has 3 nitrogen and oxygen atoms in total. The fraction of sp³-hybridized carbons (Fsp3) is 0.538. The summed E-state index contributed by atoms with van der Waals surface area (Å²) in [5.74, 6) is -0.0923. The van der Waals surface area contributed by atoms with E-state index in [0.29, 0.717) is 0 Å². The van der Waals surface area contributed by atoms with Gasteiger partial charge in [0, 0.05) is 7.11 Å². The molecule has 0 aliphatic heterocycles. The van der Waals surface area contributed by atoms with Crippen LogP contribution in [0.15, 0.2) is 18.2 Å². The molecule has 0 amide bonds. The summed E-state index contributed by atoms with van der Waals surface area (Å²) in [6, 6.07) is 4.95. The molecule has 1 rings (SSSR count). The van der Waals surface area contributed by atoms with Gasteiger partial charge in [0.2, 0.25) is 0 Å². The molecular weight excluding hydrogens is 221 g/mol. The van der Waals surface area contributed by atoms with Gasteiger partial charge in [0.25, 0.3) is 0 Å². The molecule has 1 aromatic rings. The van der Waals surface area contributed by atoms with Gasteiger partial charge in [0.15, 0.2) is 11.6 Å². The lowest BCUT2D eigenvalue weighted by molar-refractivity contribution is 0.0834. The Morgan fingerprint density at radius 1 is 1.35 bits per heavy atom. The normalized spacial score (nSPS) is 14.4. The average Bonchev–Trinajstić information content (AvgIpc) is 2.35. The molecule has 0 bridgehead atoms. The van der Waals surface area contributed by atoms with E-state index in [1.807, 2.05) is 19.9 Å². The minimum Gasteiger partial charge on any atom is -0.494 e. The minimum atomic E-state index is -0.351. The summed E-state index contributed by atoms with van der Waals surface area (Å²) in [7, 11) is 3.10. The zero-order valence-corrected chi connectivity index (χ0v) is 10.8. The predicted molar refractivity (Wildman–Crippen MR) is 65.8 cm³/mol. The molecular formula is C13H20FNO2. The fourth-order valence-corrected chi connectivity index (χ4v) is 1.79. The van der Waals surface area contributed by atoms with Gasteiger partial charge in [-0.15, -0.1) is 0 Å². The van der Waals surface area contributed by atoms with Crippen molar-refractivity contribution >= 4 is 0 Å². The number of likely N-dealkylation sites (N-methyl/N-ethyl adjacent to an activating group) is 1. The molecule has 0 spiro atoms. The number of benzene rings is 1. The van der Waals surface area contributed by atoms with Crippen molar-refractivity contribution in [2.24, 2.45) is 0 Å². The molecule has 2 unspecified atom stereocenters. The molecule has 0 fully saturated rings. The van der Waals surface area contributed by atoms with Crippen LogP contribution in [0.2, 0.25) is 0 Å². The molecule has 0 heterocycles. The van der Waals surface area contributed by atoms with Crippen molar-refractivity contribution in [3.63, 3.8) is 0 Å². The number of hydrogen-bond donors (Lipinski definition) is 1. The van der Waals surface area contributed by atoms with E-state index in [9.17, 15) is 4.39 Å². The van der Waals surface area contributed by atoms with Crippen molar-refractivity contribution in [2.75, 3.05) is 20.8 Å². The molecule has 96 valence electrons. The van der Waals surface area contributed by atoms with Crippen LogP contribution in [-0.2, 0) is 4.74 Å². The highest BCUT2D eigenvalue weighted by Gasteiger charge is 2.19. The number of rotatable bonds is 6. The Balaban J connectivity index is 2.98. The van der Waals surface area contributed by atoms with Gasteiger partial charge in [-0.25, -0.2) is 4.39 Å². The summed E-state index contributed by atoms with van der Waals surface area (Å²) in [4.78, 5) is 0. The summed E-state index contributed by atoms with van der Waals surface area (Å²) in [6.45, 7) is 4.76. The predicted octanol–water partition coefficient (Wildman–Crippen LogP) is 2.52. The van der Waals surface area contributed by atoms with E-state index in [4.69, 9.17) is 9.47 Å². The maximum absolute atomic E-state index is 13.6. The summed E-state index contributed by atoms with van der Waals surface area (Å²) >= 11 is 0. The van der Waals surface area contributed by atoms with Crippen molar-refractivity contribution in [3.8, 4) is 5.75 Å². The van der Waals surface area contributed by atoms with Gasteiger partial charge in [0.1, 0.15) is 0 Å². The van der Waals surface area contributed by atoms with Crippen LogP contribution in [0.25, 0.3) is 0 Å². The summed E-state index contributed by atoms with van der Waals surface area (Å²) in [6.07, 6.45) is -0.0252. The average molecular weight is 241 g/mol. The second-order valence-electron chi connectivity index (χ2n) is 3.87. The van der Waals surface area contributed by atoms with Gasteiger partial charge < -0.3 is 14.8 Å². The Kier molecular flexibility index (Phi) is 5.38. The molecule has 0 saturated heterocycles. The third-order valence-electron chi connectivity index (χ3n) is 2.80. The van der Waals surface area contributed by atoms with Crippen molar-refractivity contribution < 1.29 is 13.9 Å². The molecule has 0 aliphatic rings. The quantitative estimate of drug-likeness (QED) is 0.830. The van der Waals surface area contributed by atoms with E-state index in [1.54, 1.807) is 13.2 Å². The van der Waals surface area contributed by atoms with Gasteiger partial charge in [-0.3, -0.25) is 0 Å². The van der Waals surface area contributed by atoms with Gasteiger partial charge in [-0.2, -0.15) is 0 Å². The van der Waals surface area contributed by atoms with E-state index in [0.717, 1.165) is 12.1 Å². The van der Waals surface area contributed by atoms with E-state index in [-0.39, 0.29) is 23.7 Å². The van der Waals surface area contributed by atoms with Crippen LogP contribution in [0.1, 0.15) is 25.5 Å². The summed E-state index contributed by atoms with van der Waals surface area (Å²) in [5, 5.41) is 3.28. The van der Waals surface area contributed by atoms with Crippen LogP contribution >= 0.6 is 0 Å². The lowest BCUT2D eigenvalue weighted by Crippen LogP contribution is -2.31. The fourth-order valence-electron chi connectivity index (χ4n) is 1.79. The van der Waals surface area contributed by atoms with Gasteiger partial charge >= 0.3 is 0 Å².